The van der Waals surface area contributed by atoms with E-state index in [9.17, 15) is 0 Å². The van der Waals surface area contributed by atoms with Gasteiger partial charge < -0.3 is 15.4 Å². The summed E-state index contributed by atoms with van der Waals surface area (Å²) in [5.41, 5.74) is 7.41. The second kappa shape index (κ2) is 5.05. The van der Waals surface area contributed by atoms with Crippen molar-refractivity contribution >= 4 is 16.6 Å². The first-order chi connectivity index (χ1) is 9.22. The van der Waals surface area contributed by atoms with Crippen molar-refractivity contribution in [2.75, 3.05) is 25.9 Å². The Kier molecular flexibility index (Phi) is 3.25. The second-order valence-electron chi connectivity index (χ2n) is 5.21. The van der Waals surface area contributed by atoms with Gasteiger partial charge in [-0.05, 0) is 44.2 Å². The van der Waals surface area contributed by atoms with Gasteiger partial charge in [0.15, 0.2) is 0 Å². The summed E-state index contributed by atoms with van der Waals surface area (Å²) < 4.78 is 6.15. The SMILES string of the molecule is CN1CCC(Oc2ccnc3cc(N)ccc23)CC1. The van der Waals surface area contributed by atoms with Gasteiger partial charge in [-0.1, -0.05) is 0 Å². The van der Waals surface area contributed by atoms with Gasteiger partial charge in [-0.3, -0.25) is 4.98 Å². The molecule has 1 fully saturated rings. The van der Waals surface area contributed by atoms with Crippen LogP contribution >= 0.6 is 0 Å². The lowest BCUT2D eigenvalue weighted by Crippen LogP contribution is -2.35. The van der Waals surface area contributed by atoms with Crippen molar-refractivity contribution in [2.45, 2.75) is 18.9 Å². The quantitative estimate of drug-likeness (QED) is 0.839. The van der Waals surface area contributed by atoms with Gasteiger partial charge >= 0.3 is 0 Å². The first-order valence-corrected chi connectivity index (χ1v) is 6.72. The molecule has 3 rings (SSSR count). The van der Waals surface area contributed by atoms with Crippen molar-refractivity contribution in [3.05, 3.63) is 30.5 Å². The lowest BCUT2D eigenvalue weighted by Gasteiger charge is -2.29. The summed E-state index contributed by atoms with van der Waals surface area (Å²) in [7, 11) is 2.15. The highest BCUT2D eigenvalue weighted by Gasteiger charge is 2.18. The minimum absolute atomic E-state index is 0.305. The molecule has 0 saturated carbocycles. The van der Waals surface area contributed by atoms with Crippen LogP contribution in [0, 0.1) is 0 Å². The molecule has 1 aromatic heterocycles. The third kappa shape index (κ3) is 2.63. The highest BCUT2D eigenvalue weighted by Crippen LogP contribution is 2.27. The van der Waals surface area contributed by atoms with E-state index in [4.69, 9.17) is 10.5 Å². The zero-order valence-corrected chi connectivity index (χ0v) is 11.2. The molecular weight excluding hydrogens is 238 g/mol. The minimum atomic E-state index is 0.305. The van der Waals surface area contributed by atoms with Gasteiger partial charge in [-0.2, -0.15) is 0 Å². The fraction of sp³-hybridized carbons (Fsp3) is 0.400. The molecule has 0 aliphatic carbocycles. The van der Waals surface area contributed by atoms with E-state index < -0.39 is 0 Å². The number of aromatic nitrogens is 1. The molecule has 19 heavy (non-hydrogen) atoms. The Morgan fingerprint density at radius 1 is 1.26 bits per heavy atom. The van der Waals surface area contributed by atoms with E-state index in [0.29, 0.717) is 6.10 Å². The summed E-state index contributed by atoms with van der Waals surface area (Å²) in [5, 5.41) is 1.04. The van der Waals surface area contributed by atoms with Crippen molar-refractivity contribution < 1.29 is 4.74 Å². The van der Waals surface area contributed by atoms with E-state index in [0.717, 1.165) is 48.3 Å². The number of anilines is 1. The van der Waals surface area contributed by atoms with E-state index in [1.54, 1.807) is 6.20 Å². The smallest absolute Gasteiger partial charge is 0.130 e. The zero-order chi connectivity index (χ0) is 13.2. The maximum absolute atomic E-state index is 6.15. The molecular formula is C15H19N3O. The van der Waals surface area contributed by atoms with Crippen LogP contribution in [-0.4, -0.2) is 36.1 Å². The van der Waals surface area contributed by atoms with Crippen molar-refractivity contribution in [1.82, 2.24) is 9.88 Å². The van der Waals surface area contributed by atoms with Crippen LogP contribution < -0.4 is 10.5 Å². The number of nitrogens with zero attached hydrogens (tertiary/aromatic N) is 2. The first kappa shape index (κ1) is 12.2. The molecule has 2 N–H and O–H groups in total. The average Bonchev–Trinajstić information content (AvgIpc) is 2.41. The molecule has 0 amide bonds. The topological polar surface area (TPSA) is 51.4 Å². The maximum atomic E-state index is 6.15. The van der Waals surface area contributed by atoms with Crippen LogP contribution in [-0.2, 0) is 0 Å². The van der Waals surface area contributed by atoms with Gasteiger partial charge in [0.25, 0.3) is 0 Å². The number of piperidine rings is 1. The molecule has 1 saturated heterocycles. The monoisotopic (exact) mass is 257 g/mol. The number of hydrogen-bond acceptors (Lipinski definition) is 4. The molecule has 0 atom stereocenters. The lowest BCUT2D eigenvalue weighted by molar-refractivity contribution is 0.115. The summed E-state index contributed by atoms with van der Waals surface area (Å²) in [6, 6.07) is 7.71. The van der Waals surface area contributed by atoms with Gasteiger partial charge in [0.1, 0.15) is 11.9 Å². The van der Waals surface area contributed by atoms with Crippen molar-refractivity contribution in [1.29, 1.82) is 0 Å². The molecule has 1 aliphatic heterocycles. The Morgan fingerprint density at radius 2 is 2.05 bits per heavy atom. The van der Waals surface area contributed by atoms with Crippen LogP contribution in [0.25, 0.3) is 10.9 Å². The Balaban J connectivity index is 1.84. The van der Waals surface area contributed by atoms with E-state index in [1.807, 2.05) is 24.3 Å². The third-order valence-electron chi connectivity index (χ3n) is 3.69. The Labute approximate surface area is 113 Å². The molecule has 2 heterocycles. The van der Waals surface area contributed by atoms with E-state index in [-0.39, 0.29) is 0 Å². The number of rotatable bonds is 2. The van der Waals surface area contributed by atoms with Gasteiger partial charge in [0.05, 0.1) is 5.52 Å². The van der Waals surface area contributed by atoms with Crippen molar-refractivity contribution in [2.24, 2.45) is 0 Å². The average molecular weight is 257 g/mol. The molecule has 100 valence electrons. The van der Waals surface area contributed by atoms with Crippen LogP contribution in [0.1, 0.15) is 12.8 Å². The Bertz CT molecular complexity index is 577. The summed E-state index contributed by atoms with van der Waals surface area (Å²) in [4.78, 5) is 6.68. The summed E-state index contributed by atoms with van der Waals surface area (Å²) in [6.07, 6.45) is 4.25. The highest BCUT2D eigenvalue weighted by molar-refractivity contribution is 5.87. The standard InChI is InChI=1S/C15H19N3O/c1-18-8-5-12(6-9-18)19-15-4-7-17-14-10-11(16)2-3-13(14)15/h2-4,7,10,12H,5-6,8-9,16H2,1H3. The van der Waals surface area contributed by atoms with Gasteiger partial charge in [-0.15, -0.1) is 0 Å². The zero-order valence-electron chi connectivity index (χ0n) is 11.2. The first-order valence-electron chi connectivity index (χ1n) is 6.72. The van der Waals surface area contributed by atoms with Crippen molar-refractivity contribution in [3.63, 3.8) is 0 Å². The van der Waals surface area contributed by atoms with E-state index >= 15 is 0 Å². The number of fused-ring (bicyclic) bond motifs is 1. The summed E-state index contributed by atoms with van der Waals surface area (Å²) >= 11 is 0. The number of likely N-dealkylation sites (tertiary alicyclic amines) is 1. The predicted molar refractivity (Wildman–Crippen MR) is 77.3 cm³/mol. The van der Waals surface area contributed by atoms with Crippen molar-refractivity contribution in [3.8, 4) is 5.75 Å². The largest absolute Gasteiger partial charge is 0.490 e. The van der Waals surface area contributed by atoms with E-state index in [1.165, 1.54) is 0 Å². The van der Waals surface area contributed by atoms with Gasteiger partial charge in [0, 0.05) is 30.4 Å². The second-order valence-corrected chi connectivity index (χ2v) is 5.21. The van der Waals surface area contributed by atoms with Gasteiger partial charge in [0.2, 0.25) is 0 Å². The molecule has 4 nitrogen and oxygen atoms in total. The normalized spacial score (nSPS) is 17.7. The van der Waals surface area contributed by atoms with Crippen LogP contribution in [0.15, 0.2) is 30.5 Å². The highest BCUT2D eigenvalue weighted by atomic mass is 16.5. The molecule has 0 spiro atoms. The maximum Gasteiger partial charge on any atom is 0.130 e. The number of nitrogen functional groups attached to an aromatic ring is 1. The number of nitrogens with two attached hydrogens (primary N) is 1. The molecule has 1 aliphatic rings. The minimum Gasteiger partial charge on any atom is -0.490 e. The fourth-order valence-corrected chi connectivity index (χ4v) is 2.52. The molecule has 0 unspecified atom stereocenters. The molecule has 4 heteroatoms. The molecule has 2 aromatic rings. The van der Waals surface area contributed by atoms with Gasteiger partial charge in [-0.25, -0.2) is 0 Å². The Morgan fingerprint density at radius 3 is 2.84 bits per heavy atom. The number of benzene rings is 1. The van der Waals surface area contributed by atoms with E-state index in [2.05, 4.69) is 16.9 Å². The predicted octanol–water partition coefficient (Wildman–Crippen LogP) is 2.29. The number of hydrogen-bond donors (Lipinski definition) is 1. The lowest BCUT2D eigenvalue weighted by atomic mass is 10.1. The number of pyridine rings is 1. The van der Waals surface area contributed by atoms with Crippen LogP contribution in [0.2, 0.25) is 0 Å². The molecule has 0 bridgehead atoms. The van der Waals surface area contributed by atoms with Crippen LogP contribution in [0.4, 0.5) is 5.69 Å². The molecule has 1 aromatic carbocycles. The van der Waals surface area contributed by atoms with Crippen LogP contribution in [0.5, 0.6) is 5.75 Å². The summed E-state index contributed by atoms with van der Waals surface area (Å²) in [5.74, 6) is 0.916. The Hall–Kier alpha value is -1.81. The third-order valence-corrected chi connectivity index (χ3v) is 3.69. The number of ether oxygens (including phenoxy) is 1. The fourth-order valence-electron chi connectivity index (χ4n) is 2.52. The summed E-state index contributed by atoms with van der Waals surface area (Å²) in [6.45, 7) is 2.20. The molecule has 0 radical (unpaired) electrons. The van der Waals surface area contributed by atoms with Crippen LogP contribution in [0.3, 0.4) is 0 Å².